The Bertz CT molecular complexity index is 768. The summed E-state index contributed by atoms with van der Waals surface area (Å²) in [6, 6.07) is 2.75. The van der Waals surface area contributed by atoms with Gasteiger partial charge in [0.1, 0.15) is 5.67 Å². The summed E-state index contributed by atoms with van der Waals surface area (Å²) in [7, 11) is 0. The average Bonchev–Trinajstić information content (AvgIpc) is 3.07. The van der Waals surface area contributed by atoms with Crippen LogP contribution in [-0.4, -0.2) is 36.3 Å². The molecule has 3 N–H and O–H groups in total. The first-order chi connectivity index (χ1) is 13.6. The summed E-state index contributed by atoms with van der Waals surface area (Å²) in [5.41, 5.74) is 1.65. The van der Waals surface area contributed by atoms with Crippen LogP contribution in [0.25, 0.3) is 0 Å². The number of carbonyl (C=O) groups excluding carboxylic acids is 2. The lowest BCUT2D eigenvalue weighted by Crippen LogP contribution is -2.43. The van der Waals surface area contributed by atoms with Crippen LogP contribution in [0.15, 0.2) is 18.2 Å². The fraction of sp³-hybridized carbons (Fsp3) is 0.619. The molecule has 30 heavy (non-hydrogen) atoms. The first-order valence-corrected chi connectivity index (χ1v) is 9.84. The molecule has 1 aromatic carbocycles. The van der Waals surface area contributed by atoms with Crippen LogP contribution in [0.3, 0.4) is 0 Å². The molecule has 5 nitrogen and oxygen atoms in total. The predicted octanol–water partition coefficient (Wildman–Crippen LogP) is 4.07. The molecule has 168 valence electrons. The van der Waals surface area contributed by atoms with Crippen molar-refractivity contribution in [2.45, 2.75) is 52.4 Å². The molecule has 1 aromatic rings. The highest BCUT2D eigenvalue weighted by Crippen LogP contribution is 2.36. The SMILES string of the molecule is CC(C)(CN)C(=O)N1CCC(CC(=O)Nc2cc(C(C)(C)F)cc(C(F)(F)F)c2)C1. The second-order valence-electron chi connectivity index (χ2n) is 9.02. The van der Waals surface area contributed by atoms with Gasteiger partial charge in [0.15, 0.2) is 0 Å². The van der Waals surface area contributed by atoms with E-state index in [9.17, 15) is 27.2 Å². The summed E-state index contributed by atoms with van der Waals surface area (Å²) in [4.78, 5) is 26.6. The smallest absolute Gasteiger partial charge is 0.342 e. The second kappa shape index (κ2) is 8.53. The minimum atomic E-state index is -4.66. The predicted molar refractivity (Wildman–Crippen MR) is 106 cm³/mol. The van der Waals surface area contributed by atoms with Crippen molar-refractivity contribution in [3.63, 3.8) is 0 Å². The molecule has 0 bridgehead atoms. The zero-order chi connectivity index (χ0) is 22.9. The fourth-order valence-corrected chi connectivity index (χ4v) is 3.38. The molecule has 0 saturated carbocycles. The van der Waals surface area contributed by atoms with Gasteiger partial charge in [0, 0.05) is 31.7 Å². The van der Waals surface area contributed by atoms with Crippen LogP contribution in [0, 0.1) is 11.3 Å². The van der Waals surface area contributed by atoms with Crippen LogP contribution < -0.4 is 11.1 Å². The molecule has 1 atom stereocenters. The van der Waals surface area contributed by atoms with E-state index in [2.05, 4.69) is 5.32 Å². The number of hydrogen-bond acceptors (Lipinski definition) is 3. The van der Waals surface area contributed by atoms with Gasteiger partial charge in [-0.15, -0.1) is 0 Å². The number of nitrogens with one attached hydrogen (secondary N) is 1. The zero-order valence-corrected chi connectivity index (χ0v) is 17.7. The topological polar surface area (TPSA) is 75.4 Å². The number of nitrogens with zero attached hydrogens (tertiary/aromatic N) is 1. The highest BCUT2D eigenvalue weighted by molar-refractivity contribution is 5.91. The van der Waals surface area contributed by atoms with E-state index in [1.165, 1.54) is 6.07 Å². The van der Waals surface area contributed by atoms with E-state index in [4.69, 9.17) is 5.73 Å². The number of rotatable bonds is 6. The zero-order valence-electron chi connectivity index (χ0n) is 17.7. The molecular formula is C21H29F4N3O2. The Kier molecular flexibility index (Phi) is 6.85. The van der Waals surface area contributed by atoms with Crippen LogP contribution in [-0.2, 0) is 21.4 Å². The van der Waals surface area contributed by atoms with Crippen molar-refractivity contribution in [3.05, 3.63) is 29.3 Å². The van der Waals surface area contributed by atoms with Gasteiger partial charge in [-0.3, -0.25) is 9.59 Å². The van der Waals surface area contributed by atoms with Crippen molar-refractivity contribution in [2.75, 3.05) is 25.0 Å². The van der Waals surface area contributed by atoms with E-state index in [-0.39, 0.29) is 36.0 Å². The molecule has 2 amide bonds. The summed E-state index contributed by atoms with van der Waals surface area (Å²) < 4.78 is 53.7. The van der Waals surface area contributed by atoms with E-state index in [1.807, 2.05) is 0 Å². The molecule has 1 fully saturated rings. The van der Waals surface area contributed by atoms with Crippen LogP contribution in [0.4, 0.5) is 23.2 Å². The van der Waals surface area contributed by atoms with Crippen LogP contribution >= 0.6 is 0 Å². The molecule has 0 aromatic heterocycles. The minimum Gasteiger partial charge on any atom is -0.342 e. The number of likely N-dealkylation sites (tertiary alicyclic amines) is 1. The van der Waals surface area contributed by atoms with Gasteiger partial charge >= 0.3 is 6.18 Å². The van der Waals surface area contributed by atoms with Crippen LogP contribution in [0.5, 0.6) is 0 Å². The van der Waals surface area contributed by atoms with Crippen molar-refractivity contribution in [2.24, 2.45) is 17.1 Å². The molecule has 0 spiro atoms. The maximum atomic E-state index is 14.3. The molecule has 0 aliphatic carbocycles. The third kappa shape index (κ3) is 5.93. The number of anilines is 1. The largest absolute Gasteiger partial charge is 0.416 e. The third-order valence-corrected chi connectivity index (χ3v) is 5.37. The number of nitrogens with two attached hydrogens (primary N) is 1. The highest BCUT2D eigenvalue weighted by atomic mass is 19.4. The van der Waals surface area contributed by atoms with Crippen molar-refractivity contribution < 1.29 is 27.2 Å². The summed E-state index contributed by atoms with van der Waals surface area (Å²) >= 11 is 0. The Morgan fingerprint density at radius 2 is 1.70 bits per heavy atom. The summed E-state index contributed by atoms with van der Waals surface area (Å²) in [5.74, 6) is -0.666. The number of hydrogen-bond donors (Lipinski definition) is 2. The van der Waals surface area contributed by atoms with Gasteiger partial charge in [0.25, 0.3) is 0 Å². The molecule has 1 heterocycles. The first-order valence-electron chi connectivity index (χ1n) is 9.84. The van der Waals surface area contributed by atoms with Gasteiger partial charge in [0.2, 0.25) is 11.8 Å². The van der Waals surface area contributed by atoms with Gasteiger partial charge < -0.3 is 16.0 Å². The van der Waals surface area contributed by atoms with E-state index in [0.717, 1.165) is 26.0 Å². The van der Waals surface area contributed by atoms with Gasteiger partial charge in [-0.2, -0.15) is 13.2 Å². The third-order valence-electron chi connectivity index (χ3n) is 5.37. The quantitative estimate of drug-likeness (QED) is 0.667. The molecule has 0 radical (unpaired) electrons. The number of benzene rings is 1. The second-order valence-corrected chi connectivity index (χ2v) is 9.02. The molecule has 1 aliphatic heterocycles. The minimum absolute atomic E-state index is 0.0530. The van der Waals surface area contributed by atoms with Crippen molar-refractivity contribution >= 4 is 17.5 Å². The van der Waals surface area contributed by atoms with Gasteiger partial charge in [-0.25, -0.2) is 4.39 Å². The molecule has 1 aliphatic rings. The normalized spacial score (nSPS) is 17.9. The Balaban J connectivity index is 2.07. The molecule has 1 unspecified atom stereocenters. The number of amides is 2. The van der Waals surface area contributed by atoms with Crippen LogP contribution in [0.1, 0.15) is 51.7 Å². The highest BCUT2D eigenvalue weighted by Gasteiger charge is 2.36. The van der Waals surface area contributed by atoms with Crippen molar-refractivity contribution in [1.82, 2.24) is 4.90 Å². The lowest BCUT2D eigenvalue weighted by molar-refractivity contribution is -0.139. The van der Waals surface area contributed by atoms with Crippen molar-refractivity contribution in [1.29, 1.82) is 0 Å². The van der Waals surface area contributed by atoms with Crippen LogP contribution in [0.2, 0.25) is 0 Å². The summed E-state index contributed by atoms with van der Waals surface area (Å²) in [6.07, 6.45) is -3.99. The van der Waals surface area contributed by atoms with E-state index >= 15 is 0 Å². The first kappa shape index (κ1) is 24.1. The Morgan fingerprint density at radius 1 is 1.10 bits per heavy atom. The van der Waals surface area contributed by atoms with E-state index < -0.39 is 28.7 Å². The maximum Gasteiger partial charge on any atom is 0.416 e. The Morgan fingerprint density at radius 3 is 2.23 bits per heavy atom. The van der Waals surface area contributed by atoms with Gasteiger partial charge in [-0.1, -0.05) is 0 Å². The summed E-state index contributed by atoms with van der Waals surface area (Å²) in [5, 5.41) is 2.45. The Hall–Kier alpha value is -2.16. The Labute approximate surface area is 174 Å². The lowest BCUT2D eigenvalue weighted by atomic mass is 9.92. The molecule has 1 saturated heterocycles. The van der Waals surface area contributed by atoms with Gasteiger partial charge in [0.05, 0.1) is 11.0 Å². The molecular weight excluding hydrogens is 402 g/mol. The fourth-order valence-electron chi connectivity index (χ4n) is 3.38. The van der Waals surface area contributed by atoms with Gasteiger partial charge in [-0.05, 0) is 63.8 Å². The summed E-state index contributed by atoms with van der Waals surface area (Å²) in [6.45, 7) is 6.92. The molecule has 9 heteroatoms. The number of carbonyl (C=O) groups is 2. The van der Waals surface area contributed by atoms with Crippen molar-refractivity contribution in [3.8, 4) is 0 Å². The van der Waals surface area contributed by atoms with E-state index in [1.54, 1.807) is 18.7 Å². The standard InChI is InChI=1S/C21H29F4N3O2/c1-19(2,12-26)18(30)28-6-5-13(11-28)7-17(29)27-16-9-14(20(3,4)22)8-15(10-16)21(23,24)25/h8-10,13H,5-7,11-12,26H2,1-4H3,(H,27,29). The number of halogens is 4. The monoisotopic (exact) mass is 431 g/mol. The van der Waals surface area contributed by atoms with E-state index in [0.29, 0.717) is 19.5 Å². The molecule has 2 rings (SSSR count). The number of alkyl halides is 4. The average molecular weight is 431 g/mol. The maximum absolute atomic E-state index is 14.3. The lowest BCUT2D eigenvalue weighted by Gasteiger charge is -2.28.